The van der Waals surface area contributed by atoms with E-state index in [2.05, 4.69) is 27.3 Å². The van der Waals surface area contributed by atoms with Crippen molar-refractivity contribution in [3.63, 3.8) is 0 Å². The van der Waals surface area contributed by atoms with E-state index in [1.165, 1.54) is 12.0 Å². The molecule has 3 nitrogen and oxygen atoms in total. The molecule has 0 bridgehead atoms. The summed E-state index contributed by atoms with van der Waals surface area (Å²) in [7, 11) is 0. The van der Waals surface area contributed by atoms with Crippen molar-refractivity contribution in [1.82, 2.24) is 5.32 Å². The average molecular weight is 415 g/mol. The molecule has 0 spiro atoms. The fourth-order valence-electron chi connectivity index (χ4n) is 3.90. The van der Waals surface area contributed by atoms with Gasteiger partial charge >= 0.3 is 0 Å². The fourth-order valence-corrected chi connectivity index (χ4v) is 4.79. The van der Waals surface area contributed by atoms with Crippen molar-refractivity contribution in [1.29, 1.82) is 0 Å². The highest BCUT2D eigenvalue weighted by Gasteiger charge is 2.40. The largest absolute Gasteiger partial charge is 0.381 e. The Morgan fingerprint density at radius 1 is 1.17 bits per heavy atom. The number of benzene rings is 1. The molecular formula is C19H25BrClNO2. The molecule has 1 aromatic rings. The molecule has 2 fully saturated rings. The summed E-state index contributed by atoms with van der Waals surface area (Å²) in [6, 6.07) is 8.04. The predicted octanol–water partition coefficient (Wildman–Crippen LogP) is 4.60. The molecule has 132 valence electrons. The number of hydrogen-bond donors (Lipinski definition) is 1. The summed E-state index contributed by atoms with van der Waals surface area (Å²) >= 11 is 9.92. The van der Waals surface area contributed by atoms with E-state index < -0.39 is 0 Å². The molecular weight excluding hydrogens is 390 g/mol. The summed E-state index contributed by atoms with van der Waals surface area (Å²) in [6.07, 6.45) is 7.12. The second kappa shape index (κ2) is 7.76. The van der Waals surface area contributed by atoms with Gasteiger partial charge in [-0.05, 0) is 43.4 Å². The number of ether oxygens (including phenoxy) is 1. The van der Waals surface area contributed by atoms with E-state index >= 15 is 0 Å². The monoisotopic (exact) mass is 413 g/mol. The van der Waals surface area contributed by atoms with Crippen LogP contribution in [0, 0.1) is 0 Å². The maximum atomic E-state index is 12.8. The van der Waals surface area contributed by atoms with E-state index in [9.17, 15) is 4.79 Å². The van der Waals surface area contributed by atoms with Crippen molar-refractivity contribution in [2.45, 2.75) is 54.7 Å². The first kappa shape index (κ1) is 18.2. The van der Waals surface area contributed by atoms with Gasteiger partial charge in [-0.2, -0.15) is 0 Å². The third-order valence-electron chi connectivity index (χ3n) is 5.53. The van der Waals surface area contributed by atoms with Gasteiger partial charge in [0.15, 0.2) is 0 Å². The zero-order valence-corrected chi connectivity index (χ0v) is 16.3. The lowest BCUT2D eigenvalue weighted by molar-refractivity contribution is -0.124. The molecule has 0 atom stereocenters. The summed E-state index contributed by atoms with van der Waals surface area (Å²) in [5, 5.41) is 3.98. The van der Waals surface area contributed by atoms with E-state index in [0.717, 1.165) is 56.8 Å². The highest BCUT2D eigenvalue weighted by Crippen LogP contribution is 2.38. The Balaban J connectivity index is 1.74. The summed E-state index contributed by atoms with van der Waals surface area (Å²) < 4.78 is 5.18. The van der Waals surface area contributed by atoms with Gasteiger partial charge in [-0.25, -0.2) is 0 Å². The van der Waals surface area contributed by atoms with E-state index in [-0.39, 0.29) is 15.6 Å². The molecule has 5 heteroatoms. The molecule has 1 aliphatic heterocycles. The van der Waals surface area contributed by atoms with Crippen LogP contribution in [-0.4, -0.2) is 30.0 Å². The first-order valence-corrected chi connectivity index (χ1v) is 10.0. The van der Waals surface area contributed by atoms with Gasteiger partial charge in [-0.3, -0.25) is 4.79 Å². The van der Waals surface area contributed by atoms with Gasteiger partial charge in [-0.15, -0.1) is 0 Å². The first-order valence-electron chi connectivity index (χ1n) is 8.85. The van der Waals surface area contributed by atoms with Gasteiger partial charge in [0.25, 0.3) is 0 Å². The standard InChI is InChI=1S/C19H25BrClNO2/c20-19(7-2-1-3-8-19)17(23)22-14-18(9-11-24-12-10-18)15-5-4-6-16(21)13-15/h4-6,13H,1-3,7-12,14H2,(H,22,23). The number of alkyl halides is 1. The molecule has 1 saturated heterocycles. The van der Waals surface area contributed by atoms with Crippen molar-refractivity contribution in [3.8, 4) is 0 Å². The Hall–Kier alpha value is -0.580. The summed E-state index contributed by atoms with van der Waals surface area (Å²) in [5.74, 6) is 0.134. The molecule has 1 aliphatic carbocycles. The van der Waals surface area contributed by atoms with Crippen LogP contribution in [-0.2, 0) is 14.9 Å². The minimum absolute atomic E-state index is 0.0865. The minimum Gasteiger partial charge on any atom is -0.381 e. The van der Waals surface area contributed by atoms with Gasteiger partial charge in [0.05, 0.1) is 0 Å². The predicted molar refractivity (Wildman–Crippen MR) is 101 cm³/mol. The smallest absolute Gasteiger partial charge is 0.236 e. The van der Waals surface area contributed by atoms with Gasteiger partial charge in [0.1, 0.15) is 4.32 Å². The third kappa shape index (κ3) is 3.97. The number of nitrogens with one attached hydrogen (secondary N) is 1. The van der Waals surface area contributed by atoms with Crippen molar-refractivity contribution in [2.75, 3.05) is 19.8 Å². The zero-order valence-electron chi connectivity index (χ0n) is 14.0. The Labute approximate surface area is 157 Å². The van der Waals surface area contributed by atoms with Crippen LogP contribution in [0.15, 0.2) is 24.3 Å². The third-order valence-corrected chi connectivity index (χ3v) is 6.92. The normalized spacial score (nSPS) is 22.8. The lowest BCUT2D eigenvalue weighted by atomic mass is 9.74. The van der Waals surface area contributed by atoms with Crippen LogP contribution in [0.1, 0.15) is 50.5 Å². The van der Waals surface area contributed by atoms with Crippen LogP contribution < -0.4 is 5.32 Å². The molecule has 0 unspecified atom stereocenters. The molecule has 1 saturated carbocycles. The fraction of sp³-hybridized carbons (Fsp3) is 0.632. The molecule has 1 amide bonds. The van der Waals surface area contributed by atoms with Gasteiger partial charge in [0, 0.05) is 30.2 Å². The topological polar surface area (TPSA) is 38.3 Å². The van der Waals surface area contributed by atoms with Crippen LogP contribution in [0.4, 0.5) is 0 Å². The molecule has 1 aromatic carbocycles. The maximum Gasteiger partial charge on any atom is 0.236 e. The molecule has 1 N–H and O–H groups in total. The zero-order chi connectivity index (χ0) is 17.0. The second-order valence-corrected chi connectivity index (χ2v) is 9.07. The highest BCUT2D eigenvalue weighted by molar-refractivity contribution is 9.10. The molecule has 1 heterocycles. The quantitative estimate of drug-likeness (QED) is 0.731. The number of carbonyl (C=O) groups is 1. The molecule has 24 heavy (non-hydrogen) atoms. The molecule has 2 aliphatic rings. The Bertz CT molecular complexity index is 580. The first-order chi connectivity index (χ1) is 11.5. The average Bonchev–Trinajstić information content (AvgIpc) is 2.61. The van der Waals surface area contributed by atoms with Crippen molar-refractivity contribution < 1.29 is 9.53 Å². The van der Waals surface area contributed by atoms with Gasteiger partial charge in [0.2, 0.25) is 5.91 Å². The lowest BCUT2D eigenvalue weighted by Crippen LogP contribution is -2.50. The van der Waals surface area contributed by atoms with Crippen molar-refractivity contribution in [2.24, 2.45) is 0 Å². The number of carbonyl (C=O) groups excluding carboxylic acids is 1. The SMILES string of the molecule is O=C(NCC1(c2cccc(Cl)c2)CCOCC1)C1(Br)CCCCC1. The lowest BCUT2D eigenvalue weighted by Gasteiger charge is -2.39. The van der Waals surface area contributed by atoms with Crippen LogP contribution in [0.3, 0.4) is 0 Å². The Morgan fingerprint density at radius 3 is 2.54 bits per heavy atom. The number of amides is 1. The van der Waals surface area contributed by atoms with Crippen LogP contribution in [0.2, 0.25) is 5.02 Å². The minimum atomic E-state index is -0.383. The van der Waals surface area contributed by atoms with Crippen molar-refractivity contribution >= 4 is 33.4 Å². The van der Waals surface area contributed by atoms with Crippen LogP contribution in [0.25, 0.3) is 0 Å². The summed E-state index contributed by atoms with van der Waals surface area (Å²) in [6.45, 7) is 2.09. The van der Waals surface area contributed by atoms with Crippen LogP contribution >= 0.6 is 27.5 Å². The Kier molecular flexibility index (Phi) is 5.89. The van der Waals surface area contributed by atoms with Crippen molar-refractivity contribution in [3.05, 3.63) is 34.9 Å². The maximum absolute atomic E-state index is 12.8. The molecule has 0 radical (unpaired) electrons. The molecule has 0 aromatic heterocycles. The Morgan fingerprint density at radius 2 is 1.88 bits per heavy atom. The number of hydrogen-bond acceptors (Lipinski definition) is 2. The summed E-state index contributed by atoms with van der Waals surface area (Å²) in [5.41, 5.74) is 1.11. The molecule has 3 rings (SSSR count). The van der Waals surface area contributed by atoms with E-state index in [1.54, 1.807) is 0 Å². The van der Waals surface area contributed by atoms with Gasteiger partial charge < -0.3 is 10.1 Å². The van der Waals surface area contributed by atoms with E-state index in [0.29, 0.717) is 6.54 Å². The van der Waals surface area contributed by atoms with Gasteiger partial charge in [-0.1, -0.05) is 58.9 Å². The van der Waals surface area contributed by atoms with Crippen LogP contribution in [0.5, 0.6) is 0 Å². The highest BCUT2D eigenvalue weighted by atomic mass is 79.9. The summed E-state index contributed by atoms with van der Waals surface area (Å²) in [4.78, 5) is 12.8. The van der Waals surface area contributed by atoms with E-state index in [1.807, 2.05) is 18.2 Å². The van der Waals surface area contributed by atoms with E-state index in [4.69, 9.17) is 16.3 Å². The number of halogens is 2. The number of rotatable bonds is 4. The second-order valence-electron chi connectivity index (χ2n) is 7.11.